The van der Waals surface area contributed by atoms with Crippen molar-refractivity contribution < 1.29 is 29.2 Å². The van der Waals surface area contributed by atoms with E-state index in [1.807, 2.05) is 25.1 Å². The Morgan fingerprint density at radius 2 is 2.00 bits per heavy atom. The summed E-state index contributed by atoms with van der Waals surface area (Å²) in [6.07, 6.45) is 1.56. The Morgan fingerprint density at radius 1 is 1.31 bits per heavy atom. The highest BCUT2D eigenvalue weighted by Crippen LogP contribution is 2.43. The van der Waals surface area contributed by atoms with Gasteiger partial charge in [0.15, 0.2) is 5.79 Å². The lowest BCUT2D eigenvalue weighted by molar-refractivity contribution is -0.154. The van der Waals surface area contributed by atoms with E-state index < -0.39 is 24.0 Å². The molecular weight excluding hydrogens is 416 g/mol. The molecule has 1 aliphatic heterocycles. The van der Waals surface area contributed by atoms with E-state index in [2.05, 4.69) is 0 Å². The predicted molar refractivity (Wildman–Crippen MR) is 112 cm³/mol. The van der Waals surface area contributed by atoms with Crippen LogP contribution in [-0.2, 0) is 24.8 Å². The smallest absolute Gasteiger partial charge is 0.335 e. The Balaban J connectivity index is 1.82. The monoisotopic (exact) mass is 442 g/mol. The van der Waals surface area contributed by atoms with E-state index in [0.29, 0.717) is 29.2 Å². The lowest BCUT2D eigenvalue weighted by Crippen LogP contribution is -2.37. The van der Waals surface area contributed by atoms with Gasteiger partial charge in [-0.05, 0) is 43.5 Å². The van der Waals surface area contributed by atoms with Crippen molar-refractivity contribution >= 4 is 29.3 Å². The summed E-state index contributed by atoms with van der Waals surface area (Å²) in [5.74, 6) is -0.861. The summed E-state index contributed by atoms with van der Waals surface area (Å²) in [5, 5.41) is 19.6. The van der Waals surface area contributed by atoms with Gasteiger partial charge < -0.3 is 24.4 Å². The van der Waals surface area contributed by atoms with Gasteiger partial charge in [-0.15, -0.1) is 11.8 Å². The molecule has 1 unspecified atom stereocenters. The number of hydrogen-bond acceptors (Lipinski definition) is 7. The predicted octanol–water partition coefficient (Wildman–Crippen LogP) is 3.00. The lowest BCUT2D eigenvalue weighted by Gasteiger charge is -2.33. The maximum Gasteiger partial charge on any atom is 0.335 e. The summed E-state index contributed by atoms with van der Waals surface area (Å²) >= 11 is 7.98. The van der Waals surface area contributed by atoms with Crippen molar-refractivity contribution in [3.05, 3.63) is 46.0 Å². The van der Waals surface area contributed by atoms with Crippen molar-refractivity contribution in [2.45, 2.75) is 55.7 Å². The highest BCUT2D eigenvalue weighted by Gasteiger charge is 2.49. The molecular formula is C21H27ClO6S. The molecule has 3 rings (SSSR count). The van der Waals surface area contributed by atoms with Crippen LogP contribution in [0.4, 0.5) is 0 Å². The van der Waals surface area contributed by atoms with Crippen LogP contribution in [0.15, 0.2) is 29.8 Å². The number of aliphatic hydroxyl groups excluding tert-OH is 2. The average molecular weight is 443 g/mol. The second-order valence-electron chi connectivity index (χ2n) is 7.18. The SMILES string of the molecule is CCOC(=O)C1=CC2(CCC1SCc1c(C)cccc1Cl)O[C@@H](CO)[C@H](CO)O2. The quantitative estimate of drug-likeness (QED) is 0.628. The minimum absolute atomic E-state index is 0.0942. The number of aryl methyl sites for hydroxylation is 1. The molecule has 0 bridgehead atoms. The minimum atomic E-state index is -1.12. The molecule has 2 aliphatic rings. The largest absolute Gasteiger partial charge is 0.463 e. The number of rotatable bonds is 7. The molecule has 0 saturated carbocycles. The fourth-order valence-electron chi connectivity index (χ4n) is 3.69. The second-order valence-corrected chi connectivity index (χ2v) is 8.78. The van der Waals surface area contributed by atoms with Crippen molar-refractivity contribution in [2.75, 3.05) is 19.8 Å². The Hall–Kier alpha value is -1.09. The number of halogens is 1. The van der Waals surface area contributed by atoms with Gasteiger partial charge in [-0.2, -0.15) is 0 Å². The van der Waals surface area contributed by atoms with Crippen molar-refractivity contribution in [2.24, 2.45) is 0 Å². The van der Waals surface area contributed by atoms with E-state index in [1.165, 1.54) is 0 Å². The minimum Gasteiger partial charge on any atom is -0.463 e. The Morgan fingerprint density at radius 3 is 2.59 bits per heavy atom. The molecule has 3 atom stereocenters. The number of carbonyl (C=O) groups is 1. The summed E-state index contributed by atoms with van der Waals surface area (Å²) in [7, 11) is 0. The molecule has 1 aromatic rings. The van der Waals surface area contributed by atoms with Crippen LogP contribution in [0.2, 0.25) is 5.02 Å². The molecule has 2 N–H and O–H groups in total. The van der Waals surface area contributed by atoms with E-state index >= 15 is 0 Å². The number of aliphatic hydroxyl groups is 2. The first-order chi connectivity index (χ1) is 13.9. The van der Waals surface area contributed by atoms with Crippen molar-refractivity contribution in [3.8, 4) is 0 Å². The fourth-order valence-corrected chi connectivity index (χ4v) is 5.44. The first-order valence-corrected chi connectivity index (χ1v) is 11.2. The maximum atomic E-state index is 12.7. The molecule has 0 aromatic heterocycles. The molecule has 29 heavy (non-hydrogen) atoms. The zero-order valence-corrected chi connectivity index (χ0v) is 18.2. The van der Waals surface area contributed by atoms with Crippen molar-refractivity contribution in [1.29, 1.82) is 0 Å². The normalized spacial score (nSPS) is 25.8. The average Bonchev–Trinajstić information content (AvgIpc) is 3.06. The zero-order chi connectivity index (χ0) is 21.0. The highest BCUT2D eigenvalue weighted by atomic mass is 35.5. The van der Waals surface area contributed by atoms with Gasteiger partial charge in [-0.25, -0.2) is 4.79 Å². The molecule has 0 radical (unpaired) electrons. The molecule has 6 nitrogen and oxygen atoms in total. The van der Waals surface area contributed by atoms with Gasteiger partial charge in [-0.3, -0.25) is 0 Å². The van der Waals surface area contributed by atoms with Crippen molar-refractivity contribution in [3.63, 3.8) is 0 Å². The number of esters is 1. The molecule has 1 fully saturated rings. The van der Waals surface area contributed by atoms with Crippen LogP contribution >= 0.6 is 23.4 Å². The Bertz CT molecular complexity index is 735. The van der Waals surface area contributed by atoms with E-state index in [1.54, 1.807) is 24.8 Å². The lowest BCUT2D eigenvalue weighted by atomic mass is 9.94. The summed E-state index contributed by atoms with van der Waals surface area (Å²) < 4.78 is 17.1. The molecule has 1 saturated heterocycles. The van der Waals surface area contributed by atoms with Crippen LogP contribution in [-0.4, -0.2) is 59.2 Å². The first-order valence-electron chi connectivity index (χ1n) is 9.75. The van der Waals surface area contributed by atoms with Gasteiger partial charge in [0.05, 0.1) is 25.4 Å². The molecule has 160 valence electrons. The van der Waals surface area contributed by atoms with E-state index in [-0.39, 0.29) is 25.1 Å². The van der Waals surface area contributed by atoms with Crippen molar-refractivity contribution in [1.82, 2.24) is 0 Å². The van der Waals surface area contributed by atoms with Gasteiger partial charge >= 0.3 is 5.97 Å². The summed E-state index contributed by atoms with van der Waals surface area (Å²) in [6.45, 7) is 3.52. The zero-order valence-electron chi connectivity index (χ0n) is 16.6. The Kier molecular flexibility index (Phi) is 7.64. The molecule has 1 spiro atoms. The summed E-state index contributed by atoms with van der Waals surface area (Å²) in [5.41, 5.74) is 2.65. The summed E-state index contributed by atoms with van der Waals surface area (Å²) in [6, 6.07) is 5.81. The molecule has 1 heterocycles. The number of carbonyl (C=O) groups excluding carboxylic acids is 1. The van der Waals surface area contributed by atoms with E-state index in [9.17, 15) is 15.0 Å². The maximum absolute atomic E-state index is 12.7. The van der Waals surface area contributed by atoms with Gasteiger partial charge in [0.1, 0.15) is 12.2 Å². The third kappa shape index (κ3) is 4.98. The van der Waals surface area contributed by atoms with Crippen LogP contribution in [0, 0.1) is 6.92 Å². The van der Waals surface area contributed by atoms with Crippen LogP contribution in [0.1, 0.15) is 30.9 Å². The highest BCUT2D eigenvalue weighted by molar-refractivity contribution is 7.99. The third-order valence-corrected chi connectivity index (χ3v) is 6.95. The topological polar surface area (TPSA) is 85.2 Å². The van der Waals surface area contributed by atoms with Gasteiger partial charge in [0.25, 0.3) is 0 Å². The molecule has 0 amide bonds. The van der Waals surface area contributed by atoms with E-state index in [4.69, 9.17) is 25.8 Å². The standard InChI is InChI=1S/C21H27ClO6S/c1-3-26-20(25)14-9-21(27-17(10-23)18(11-24)28-21)8-7-19(14)29-12-15-13(2)5-4-6-16(15)22/h4-6,9,17-19,23-24H,3,7-8,10-12H2,1-2H3/t17-,18-,19?/m0/s1. The van der Waals surface area contributed by atoms with Crippen LogP contribution in [0.25, 0.3) is 0 Å². The summed E-state index contributed by atoms with van der Waals surface area (Å²) in [4.78, 5) is 12.7. The first kappa shape index (κ1) is 22.6. The Labute approximate surface area is 180 Å². The number of benzene rings is 1. The van der Waals surface area contributed by atoms with Gasteiger partial charge in [0.2, 0.25) is 0 Å². The second kappa shape index (κ2) is 9.81. The van der Waals surface area contributed by atoms with Crippen LogP contribution in [0.5, 0.6) is 0 Å². The van der Waals surface area contributed by atoms with Gasteiger partial charge in [-0.1, -0.05) is 23.7 Å². The molecule has 1 aromatic carbocycles. The van der Waals surface area contributed by atoms with E-state index in [0.717, 1.165) is 11.1 Å². The fraction of sp³-hybridized carbons (Fsp3) is 0.571. The number of thioether (sulfide) groups is 1. The number of ether oxygens (including phenoxy) is 3. The van der Waals surface area contributed by atoms with Crippen LogP contribution < -0.4 is 0 Å². The third-order valence-electron chi connectivity index (χ3n) is 5.25. The molecule has 1 aliphatic carbocycles. The number of hydrogen-bond donors (Lipinski definition) is 2. The van der Waals surface area contributed by atoms with Gasteiger partial charge in [0, 0.05) is 22.4 Å². The van der Waals surface area contributed by atoms with Crippen LogP contribution in [0.3, 0.4) is 0 Å². The molecule has 8 heteroatoms.